The van der Waals surface area contributed by atoms with Crippen LogP contribution in [0.5, 0.6) is 0 Å². The van der Waals surface area contributed by atoms with Gasteiger partial charge in [-0.1, -0.05) is 6.07 Å². The van der Waals surface area contributed by atoms with Crippen molar-refractivity contribution in [3.05, 3.63) is 54.5 Å². The van der Waals surface area contributed by atoms with E-state index in [0.717, 1.165) is 11.2 Å². The highest BCUT2D eigenvalue weighted by Gasteiger charge is 2.08. The van der Waals surface area contributed by atoms with Gasteiger partial charge in [0.05, 0.1) is 16.9 Å². The number of aromatic nitrogens is 2. The molecule has 0 bridgehead atoms. The van der Waals surface area contributed by atoms with E-state index >= 15 is 0 Å². The second-order valence-corrected chi connectivity index (χ2v) is 4.48. The third-order valence-electron chi connectivity index (χ3n) is 3.17. The molecule has 3 aromatic rings. The summed E-state index contributed by atoms with van der Waals surface area (Å²) >= 11 is 0. The van der Waals surface area contributed by atoms with E-state index in [2.05, 4.69) is 47.0 Å². The first-order chi connectivity index (χ1) is 8.75. The zero-order chi connectivity index (χ0) is 12.5. The number of hydrogen-bond acceptors (Lipinski definition) is 2. The van der Waals surface area contributed by atoms with Crippen LogP contribution in [0.25, 0.3) is 10.9 Å². The standard InChI is InChI=1S/C15H15N3/c1-11-8-13-14(17-9-11)4-3-5-15(13)18(2)12-6-7-16-10-12/h3-10,16H,1-2H3. The van der Waals surface area contributed by atoms with Crippen LogP contribution in [0.15, 0.2) is 48.9 Å². The van der Waals surface area contributed by atoms with Crippen LogP contribution in [-0.4, -0.2) is 17.0 Å². The van der Waals surface area contributed by atoms with Crippen molar-refractivity contribution in [2.45, 2.75) is 6.92 Å². The smallest absolute Gasteiger partial charge is 0.0723 e. The van der Waals surface area contributed by atoms with Gasteiger partial charge in [0.25, 0.3) is 0 Å². The van der Waals surface area contributed by atoms with Gasteiger partial charge in [-0.05, 0) is 36.8 Å². The van der Waals surface area contributed by atoms with Gasteiger partial charge >= 0.3 is 0 Å². The third-order valence-corrected chi connectivity index (χ3v) is 3.17. The van der Waals surface area contributed by atoms with Gasteiger partial charge in [-0.15, -0.1) is 0 Å². The highest BCUT2D eigenvalue weighted by molar-refractivity contribution is 5.94. The minimum atomic E-state index is 1.03. The van der Waals surface area contributed by atoms with Gasteiger partial charge in [0.2, 0.25) is 0 Å². The van der Waals surface area contributed by atoms with Gasteiger partial charge in [-0.25, -0.2) is 0 Å². The molecule has 0 fully saturated rings. The molecule has 0 radical (unpaired) electrons. The van der Waals surface area contributed by atoms with Crippen LogP contribution < -0.4 is 4.90 Å². The van der Waals surface area contributed by atoms with Gasteiger partial charge in [0.15, 0.2) is 0 Å². The maximum absolute atomic E-state index is 4.47. The Morgan fingerprint density at radius 1 is 1.22 bits per heavy atom. The minimum absolute atomic E-state index is 1.03. The second-order valence-electron chi connectivity index (χ2n) is 4.48. The summed E-state index contributed by atoms with van der Waals surface area (Å²) in [6.07, 6.45) is 5.82. The van der Waals surface area contributed by atoms with Crippen LogP contribution >= 0.6 is 0 Å². The number of aryl methyl sites for hydroxylation is 1. The van der Waals surface area contributed by atoms with E-state index in [1.54, 1.807) is 0 Å². The van der Waals surface area contributed by atoms with E-state index in [4.69, 9.17) is 0 Å². The quantitative estimate of drug-likeness (QED) is 0.738. The summed E-state index contributed by atoms with van der Waals surface area (Å²) in [5, 5.41) is 1.18. The molecule has 0 atom stereocenters. The summed E-state index contributed by atoms with van der Waals surface area (Å²) in [6, 6.07) is 10.5. The molecular weight excluding hydrogens is 222 g/mol. The fourth-order valence-corrected chi connectivity index (χ4v) is 2.19. The Morgan fingerprint density at radius 3 is 2.89 bits per heavy atom. The van der Waals surface area contributed by atoms with Crippen LogP contribution in [-0.2, 0) is 0 Å². The minimum Gasteiger partial charge on any atom is -0.366 e. The average molecular weight is 237 g/mol. The summed E-state index contributed by atoms with van der Waals surface area (Å²) < 4.78 is 0. The summed E-state index contributed by atoms with van der Waals surface area (Å²) in [5.41, 5.74) is 4.52. The molecule has 3 nitrogen and oxygen atoms in total. The Bertz CT molecular complexity index is 671. The fraction of sp³-hybridized carbons (Fsp3) is 0.133. The van der Waals surface area contributed by atoms with Crippen LogP contribution in [0.4, 0.5) is 11.4 Å². The third kappa shape index (κ3) is 1.74. The lowest BCUT2D eigenvalue weighted by atomic mass is 10.1. The van der Waals surface area contributed by atoms with Gasteiger partial charge in [-0.3, -0.25) is 4.98 Å². The van der Waals surface area contributed by atoms with E-state index in [-0.39, 0.29) is 0 Å². The molecule has 0 aliphatic rings. The summed E-state index contributed by atoms with van der Waals surface area (Å²) in [7, 11) is 2.07. The molecule has 0 amide bonds. The van der Waals surface area contributed by atoms with Gasteiger partial charge in [-0.2, -0.15) is 0 Å². The maximum atomic E-state index is 4.47. The summed E-state index contributed by atoms with van der Waals surface area (Å²) in [6.45, 7) is 2.07. The predicted octanol–water partition coefficient (Wildman–Crippen LogP) is 3.64. The van der Waals surface area contributed by atoms with Crippen LogP contribution in [0, 0.1) is 6.92 Å². The molecule has 0 spiro atoms. The van der Waals surface area contributed by atoms with Crippen molar-refractivity contribution in [2.24, 2.45) is 0 Å². The van der Waals surface area contributed by atoms with Crippen LogP contribution in [0.1, 0.15) is 5.56 Å². The Labute approximate surface area is 106 Å². The Balaban J connectivity index is 2.19. The molecule has 0 unspecified atom stereocenters. The zero-order valence-corrected chi connectivity index (χ0v) is 10.5. The lowest BCUT2D eigenvalue weighted by Gasteiger charge is -2.19. The molecule has 1 aromatic carbocycles. The fourth-order valence-electron chi connectivity index (χ4n) is 2.19. The van der Waals surface area contributed by atoms with E-state index in [1.165, 1.54) is 16.6 Å². The molecule has 3 rings (SSSR count). The normalized spacial score (nSPS) is 10.8. The monoisotopic (exact) mass is 237 g/mol. The zero-order valence-electron chi connectivity index (χ0n) is 10.5. The molecule has 0 aliphatic heterocycles. The number of anilines is 2. The molecule has 2 heterocycles. The lowest BCUT2D eigenvalue weighted by molar-refractivity contribution is 1.22. The molecule has 0 saturated carbocycles. The van der Waals surface area contributed by atoms with Crippen molar-refractivity contribution in [1.82, 2.24) is 9.97 Å². The number of nitrogens with one attached hydrogen (secondary N) is 1. The topological polar surface area (TPSA) is 31.9 Å². The van der Waals surface area contributed by atoms with E-state index < -0.39 is 0 Å². The number of benzene rings is 1. The first-order valence-corrected chi connectivity index (χ1v) is 5.97. The molecule has 1 N–H and O–H groups in total. The molecule has 0 saturated heterocycles. The number of rotatable bonds is 2. The SMILES string of the molecule is Cc1cnc2cccc(N(C)c3cc[nH]c3)c2c1. The van der Waals surface area contributed by atoms with Crippen molar-refractivity contribution in [3.8, 4) is 0 Å². The lowest BCUT2D eigenvalue weighted by Crippen LogP contribution is -2.09. The number of nitrogens with zero attached hydrogens (tertiary/aromatic N) is 2. The molecule has 90 valence electrons. The number of H-pyrrole nitrogens is 1. The largest absolute Gasteiger partial charge is 0.366 e. The number of hydrogen-bond donors (Lipinski definition) is 1. The maximum Gasteiger partial charge on any atom is 0.0723 e. The number of pyridine rings is 1. The molecule has 0 aliphatic carbocycles. The van der Waals surface area contributed by atoms with Crippen molar-refractivity contribution in [1.29, 1.82) is 0 Å². The van der Waals surface area contributed by atoms with E-state index in [0.29, 0.717) is 0 Å². The highest BCUT2D eigenvalue weighted by Crippen LogP contribution is 2.30. The van der Waals surface area contributed by atoms with E-state index in [9.17, 15) is 0 Å². The van der Waals surface area contributed by atoms with E-state index in [1.807, 2.05) is 30.7 Å². The first kappa shape index (κ1) is 10.8. The Morgan fingerprint density at radius 2 is 2.11 bits per heavy atom. The Kier molecular flexibility index (Phi) is 2.52. The van der Waals surface area contributed by atoms with Crippen LogP contribution in [0.2, 0.25) is 0 Å². The Hall–Kier alpha value is -2.29. The van der Waals surface area contributed by atoms with Crippen molar-refractivity contribution >= 4 is 22.3 Å². The molecular formula is C15H15N3. The van der Waals surface area contributed by atoms with Gasteiger partial charge in [0.1, 0.15) is 0 Å². The first-order valence-electron chi connectivity index (χ1n) is 5.97. The summed E-state index contributed by atoms with van der Waals surface area (Å²) in [5.74, 6) is 0. The molecule has 2 aromatic heterocycles. The van der Waals surface area contributed by atoms with Crippen molar-refractivity contribution in [2.75, 3.05) is 11.9 Å². The van der Waals surface area contributed by atoms with Crippen molar-refractivity contribution < 1.29 is 0 Å². The number of fused-ring (bicyclic) bond motifs is 1. The highest BCUT2D eigenvalue weighted by atomic mass is 15.1. The van der Waals surface area contributed by atoms with Crippen molar-refractivity contribution in [3.63, 3.8) is 0 Å². The second kappa shape index (κ2) is 4.18. The number of aromatic amines is 1. The van der Waals surface area contributed by atoms with Crippen LogP contribution in [0.3, 0.4) is 0 Å². The predicted molar refractivity (Wildman–Crippen MR) is 75.3 cm³/mol. The molecule has 3 heteroatoms. The van der Waals surface area contributed by atoms with Gasteiger partial charge < -0.3 is 9.88 Å². The molecule has 18 heavy (non-hydrogen) atoms. The average Bonchev–Trinajstić information content (AvgIpc) is 2.91. The van der Waals surface area contributed by atoms with Gasteiger partial charge in [0, 0.05) is 31.0 Å². The summed E-state index contributed by atoms with van der Waals surface area (Å²) in [4.78, 5) is 9.72.